The van der Waals surface area contributed by atoms with Crippen LogP contribution >= 0.6 is 11.6 Å². The van der Waals surface area contributed by atoms with Gasteiger partial charge in [-0.25, -0.2) is 14.4 Å². The van der Waals surface area contributed by atoms with Crippen molar-refractivity contribution in [3.63, 3.8) is 0 Å². The van der Waals surface area contributed by atoms with Crippen LogP contribution in [0.15, 0.2) is 140 Å². The Kier molecular flexibility index (Phi) is 34.5. The number of halogens is 1. The number of fused-ring (bicyclic) bond motifs is 3. The monoisotopic (exact) mass is 1920 g/mol. The molecule has 12 aliphatic heterocycles. The number of benzene rings is 6. The summed E-state index contributed by atoms with van der Waals surface area (Å²) in [6.45, 7) is 16.9. The molecule has 32 nitrogen and oxygen atoms in total. The fraction of sp³-hybridized carbons (Fsp3) is 0.547. The lowest BCUT2D eigenvalue weighted by Crippen LogP contribution is -2.55. The topological polar surface area (TPSA) is 334 Å². The van der Waals surface area contributed by atoms with E-state index in [-0.39, 0.29) is 109 Å². The van der Waals surface area contributed by atoms with Gasteiger partial charge in [0.1, 0.15) is 18.1 Å². The minimum absolute atomic E-state index is 0.0113. The van der Waals surface area contributed by atoms with Crippen LogP contribution in [0.3, 0.4) is 0 Å². The van der Waals surface area contributed by atoms with Gasteiger partial charge >= 0.3 is 18.1 Å². The minimum Gasteiger partial charge on any atom is -0.493 e. The van der Waals surface area contributed by atoms with Gasteiger partial charge in [0.15, 0.2) is 11.5 Å². The fourth-order valence-corrected chi connectivity index (χ4v) is 22.6. The zero-order valence-electron chi connectivity index (χ0n) is 81.0. The summed E-state index contributed by atoms with van der Waals surface area (Å²) < 4.78 is 10.7. The number of likely N-dealkylation sites (tertiary alicyclic amines) is 9. The number of ether oxygens (including phenoxy) is 2. The van der Waals surface area contributed by atoms with Crippen molar-refractivity contribution in [3.8, 4) is 11.5 Å². The van der Waals surface area contributed by atoms with E-state index in [0.29, 0.717) is 188 Å². The summed E-state index contributed by atoms with van der Waals surface area (Å²) in [5.74, 6) is -1.12. The molecule has 33 heteroatoms. The van der Waals surface area contributed by atoms with Crippen molar-refractivity contribution in [2.24, 2.45) is 0 Å². The molecule has 6 aromatic rings. The van der Waals surface area contributed by atoms with Crippen LogP contribution in [0.4, 0.5) is 31.4 Å². The number of nitrogens with one attached hydrogen (secondary N) is 6. The molecular weight excluding hydrogens is 1780 g/mol. The molecule has 0 saturated carbocycles. The summed E-state index contributed by atoms with van der Waals surface area (Å²) in [6, 6.07) is 40.9. The molecule has 0 unspecified atom stereocenters. The van der Waals surface area contributed by atoms with Crippen molar-refractivity contribution < 1.29 is 67.0 Å². The molecule has 12 heterocycles. The number of anilines is 3. The number of nitrogens with zero attached hydrogens (tertiary/aromatic N) is 12. The Bertz CT molecular complexity index is 5300. The number of rotatable bonds is 24. The van der Waals surface area contributed by atoms with Gasteiger partial charge < -0.3 is 100 Å². The first-order valence-corrected chi connectivity index (χ1v) is 51.2. The van der Waals surface area contributed by atoms with Gasteiger partial charge in [0.2, 0.25) is 41.4 Å². The Morgan fingerprint density at radius 1 is 0.345 bits per heavy atom. The third-order valence-electron chi connectivity index (χ3n) is 30.7. The van der Waals surface area contributed by atoms with Gasteiger partial charge in [-0.15, -0.1) is 0 Å². The predicted octanol–water partition coefficient (Wildman–Crippen LogP) is 12.0. The smallest absolute Gasteiger partial charge is 0.322 e. The van der Waals surface area contributed by atoms with Gasteiger partial charge in [0, 0.05) is 168 Å². The average molecular weight is 1920 g/mol. The van der Waals surface area contributed by atoms with E-state index < -0.39 is 24.0 Å². The lowest BCUT2D eigenvalue weighted by molar-refractivity contribution is -0.142. The van der Waals surface area contributed by atoms with Crippen molar-refractivity contribution in [2.45, 2.75) is 241 Å². The number of aryl methyl sites for hydroxylation is 1. The Morgan fingerprint density at radius 3 is 1.01 bits per heavy atom. The van der Waals surface area contributed by atoms with E-state index in [4.69, 9.17) is 21.1 Å². The zero-order chi connectivity index (χ0) is 97.0. The maximum Gasteiger partial charge on any atom is 0.322 e. The summed E-state index contributed by atoms with van der Waals surface area (Å²) >= 11 is 6.30. The number of piperidine rings is 9. The highest BCUT2D eigenvalue weighted by Gasteiger charge is 2.43. The molecule has 0 radical (unpaired) electrons. The van der Waals surface area contributed by atoms with Gasteiger partial charge in [-0.3, -0.25) is 43.2 Å². The summed E-state index contributed by atoms with van der Waals surface area (Å²) in [5.41, 5.74) is 8.16. The molecule has 6 N–H and O–H groups in total. The molecule has 3 atom stereocenters. The number of carbonyl (C=O) groups is 12. The van der Waals surface area contributed by atoms with Crippen LogP contribution in [0.1, 0.15) is 203 Å². The van der Waals surface area contributed by atoms with E-state index >= 15 is 0 Å². The first-order valence-electron chi connectivity index (χ1n) is 50.9. The summed E-state index contributed by atoms with van der Waals surface area (Å²) in [7, 11) is 3.10. The van der Waals surface area contributed by atoms with Gasteiger partial charge in [-0.1, -0.05) is 116 Å². The number of urea groups is 3. The number of hydrogen-bond donors (Lipinski definition) is 6. The van der Waals surface area contributed by atoms with Crippen molar-refractivity contribution in [1.82, 2.24) is 74.7 Å². The molecule has 12 aliphatic rings. The van der Waals surface area contributed by atoms with E-state index in [1.54, 1.807) is 89.6 Å². The van der Waals surface area contributed by atoms with Crippen LogP contribution in [0.5, 0.6) is 11.5 Å². The van der Waals surface area contributed by atoms with Crippen LogP contribution in [0.25, 0.3) is 0 Å². The second kappa shape index (κ2) is 47.9. The second-order valence-corrected chi connectivity index (χ2v) is 39.8. The maximum absolute atomic E-state index is 14.0. The quantitative estimate of drug-likeness (QED) is 0.0328. The van der Waals surface area contributed by atoms with Gasteiger partial charge in [0.05, 0.1) is 39.9 Å². The first kappa shape index (κ1) is 100. The van der Waals surface area contributed by atoms with Crippen molar-refractivity contribution in [3.05, 3.63) is 183 Å². The normalized spacial score (nSPS) is 20.4. The zero-order valence-corrected chi connectivity index (χ0v) is 81.7. The van der Waals surface area contributed by atoms with Gasteiger partial charge in [0.25, 0.3) is 11.8 Å². The molecule has 139 heavy (non-hydrogen) atoms. The van der Waals surface area contributed by atoms with E-state index in [1.165, 1.54) is 57.8 Å². The van der Waals surface area contributed by atoms with Crippen LogP contribution in [0, 0.1) is 6.92 Å². The molecule has 0 aromatic heterocycles. The van der Waals surface area contributed by atoms with Crippen molar-refractivity contribution >= 4 is 99.9 Å². The molecular formula is C106H139ClN18O14. The van der Waals surface area contributed by atoms with E-state index in [0.717, 1.165) is 117 Å². The van der Waals surface area contributed by atoms with Gasteiger partial charge in [-0.05, 0) is 244 Å². The number of methoxy groups -OCH3 is 2. The van der Waals surface area contributed by atoms with E-state index in [1.807, 2.05) is 115 Å². The highest BCUT2D eigenvalue weighted by molar-refractivity contribution is 6.31. The molecule has 0 bridgehead atoms. The lowest BCUT2D eigenvalue weighted by atomic mass is 9.98. The molecule has 0 aliphatic carbocycles. The molecule has 18 rings (SSSR count). The molecule has 744 valence electrons. The van der Waals surface area contributed by atoms with Crippen molar-refractivity contribution in [1.29, 1.82) is 0 Å². The maximum atomic E-state index is 14.0. The summed E-state index contributed by atoms with van der Waals surface area (Å²) in [4.78, 5) is 185. The highest BCUT2D eigenvalue weighted by Crippen LogP contribution is 2.36. The van der Waals surface area contributed by atoms with Crippen LogP contribution < -0.4 is 41.4 Å². The Balaban J connectivity index is 0.000000151. The van der Waals surface area contributed by atoms with Crippen LogP contribution in [0.2, 0.25) is 5.02 Å². The third-order valence-corrected chi connectivity index (χ3v) is 31.1. The number of amides is 15. The first-order chi connectivity index (χ1) is 67.5. The summed E-state index contributed by atoms with van der Waals surface area (Å²) in [6.07, 6.45) is 20.4. The van der Waals surface area contributed by atoms with E-state index in [2.05, 4.69) is 46.6 Å². The van der Waals surface area contributed by atoms with Gasteiger partial charge in [-0.2, -0.15) is 0 Å². The summed E-state index contributed by atoms with van der Waals surface area (Å²) in [5, 5.41) is 18.1. The third kappa shape index (κ3) is 25.7. The second-order valence-electron chi connectivity index (χ2n) is 39.4. The molecule has 0 spiro atoms. The number of para-hydroxylation sites is 3. The number of carbonyl (C=O) groups excluding carboxylic acids is 12. The molecule has 6 aromatic carbocycles. The van der Waals surface area contributed by atoms with Crippen LogP contribution in [-0.4, -0.2) is 316 Å². The number of hydrogen-bond acceptors (Lipinski definition) is 17. The molecule has 9 fully saturated rings. The van der Waals surface area contributed by atoms with Crippen molar-refractivity contribution in [2.75, 3.05) is 148 Å². The molecule has 9 saturated heterocycles. The van der Waals surface area contributed by atoms with E-state index in [9.17, 15) is 57.5 Å². The Morgan fingerprint density at radius 2 is 0.662 bits per heavy atom. The lowest BCUT2D eigenvalue weighted by Gasteiger charge is -2.41. The van der Waals surface area contributed by atoms with Crippen LogP contribution in [-0.2, 0) is 59.6 Å². The minimum atomic E-state index is -0.978. The predicted molar refractivity (Wildman–Crippen MR) is 531 cm³/mol. The fourth-order valence-electron chi connectivity index (χ4n) is 22.4. The SMILES string of the molecule is COc1ccc(CC(=O)N[C@@H](CC(=O)N2CCC(N3Cc4ccccc4NC3=O)CC2)C(=O)N2CCC(N3CCCCC3)CC2)cc1OC.Cc1ccc(C(=O)N[C@@H](CC(=O)N2CCC(N3Cc4ccccc4NC3=O)CC2)C(=O)N2CCC(N3CCCCC3)CC2)cc1Cl.O=C(N[C@@H](CC(=O)N1CCC(N2Cc3ccccc3NC2=O)CC1)C(=O)N1CCC(N2CCCCC2)CC1)c1ccccc1. The largest absolute Gasteiger partial charge is 0.493 e. The Labute approximate surface area is 821 Å². The highest BCUT2D eigenvalue weighted by atomic mass is 35.5. The average Bonchev–Trinajstić information content (AvgIpc) is 0.802. The molecule has 15 amide bonds. The standard InChI is InChI=1S/C37H50N6O6.C35H45ClN6O4.C34H44N6O4/c1-48-32-11-10-26(22-33(32)49-2)23-34(44)38-31(36(46)42-20-12-28(13-21-42)40-16-6-3-7-17-40)24-35(45)41-18-14-29(15-19-41)43-25-27-8-4-5-9-30(27)39-37(43)47;1-24-9-10-25(21-29(24)36)33(44)37-31(34(45)41-19-11-27(12-20-41)39-15-5-2-6-16-39)22-32(43)40-17-13-28(14-18-40)42-23-26-7-3-4-8-30(26)38-35(42)46;41-31(38-19-15-28(16-20-38)40-24-26-11-5-6-12-29(26)36-34(40)44)23-30(35-32(42)25-9-3-1-4-10-25)33(43)39-21-13-27(14-22-39)37-17-7-2-8-18-37/h4-5,8-11,22,28-29,31H,3,6-7,12-21,23-25H2,1-2H3,(H,38,44)(H,39,47);3-4,7-10,21,27-28,31H,2,5-6,11-20,22-23H2,1H3,(H,37,44)(H,38,46);1,3-6,9-12,27-28,30H,2,7-8,13-24H2,(H,35,42)(H,36,44)/t2*31-;30-/m000/s1. The Hall–Kier alpha value is -11.9.